The standard InChI is InChI=1S/C15H13N3O5/c1-15(2)22-13(20)10(14(21)23-15)7-17-18-8-16-11-6-4-3-5-9(11)12(18)19/h3-8,17H,1-2H3/p+1. The number of aromatic amines is 1. The van der Waals surface area contributed by atoms with Gasteiger partial charge in [0.2, 0.25) is 0 Å². The van der Waals surface area contributed by atoms with Gasteiger partial charge in [-0.15, -0.1) is 0 Å². The SMILES string of the molecule is CC1(C)OC(=O)C(=CNn2c[nH+]c3ccccc3c2=O)C(=O)O1. The molecule has 0 bridgehead atoms. The molecule has 0 unspecified atom stereocenters. The molecule has 118 valence electrons. The van der Waals surface area contributed by atoms with Gasteiger partial charge in [0.05, 0.1) is 6.20 Å². The first-order chi connectivity index (χ1) is 10.9. The summed E-state index contributed by atoms with van der Waals surface area (Å²) in [4.78, 5) is 38.8. The van der Waals surface area contributed by atoms with Crippen LogP contribution in [0.4, 0.5) is 0 Å². The van der Waals surface area contributed by atoms with Crippen LogP contribution >= 0.6 is 0 Å². The summed E-state index contributed by atoms with van der Waals surface area (Å²) in [5, 5.41) is 0.454. The van der Waals surface area contributed by atoms with Crippen LogP contribution in [0, 0.1) is 0 Å². The lowest BCUT2D eigenvalue weighted by atomic mass is 10.2. The lowest BCUT2D eigenvalue weighted by molar-refractivity contribution is -0.352. The maximum atomic E-state index is 12.3. The van der Waals surface area contributed by atoms with Gasteiger partial charge >= 0.3 is 17.5 Å². The Kier molecular flexibility index (Phi) is 3.36. The fourth-order valence-corrected chi connectivity index (χ4v) is 2.13. The van der Waals surface area contributed by atoms with Crippen molar-refractivity contribution in [2.24, 2.45) is 0 Å². The monoisotopic (exact) mass is 316 g/mol. The highest BCUT2D eigenvalue weighted by Crippen LogP contribution is 2.22. The number of aromatic nitrogens is 2. The molecule has 3 rings (SSSR count). The number of H-pyrrole nitrogens is 1. The molecule has 0 saturated carbocycles. The summed E-state index contributed by atoms with van der Waals surface area (Å²) in [6, 6.07) is 6.95. The molecule has 8 heteroatoms. The first-order valence-corrected chi connectivity index (χ1v) is 6.83. The van der Waals surface area contributed by atoms with Crippen LogP contribution in [0.15, 0.2) is 47.2 Å². The lowest BCUT2D eigenvalue weighted by Gasteiger charge is -2.29. The van der Waals surface area contributed by atoms with Gasteiger partial charge in [-0.25, -0.2) is 24.8 Å². The van der Waals surface area contributed by atoms with Gasteiger partial charge in [0.15, 0.2) is 5.57 Å². The molecule has 1 aromatic heterocycles. The minimum absolute atomic E-state index is 0.329. The molecule has 0 spiro atoms. The van der Waals surface area contributed by atoms with E-state index in [2.05, 4.69) is 10.4 Å². The van der Waals surface area contributed by atoms with Crippen LogP contribution in [0.5, 0.6) is 0 Å². The van der Waals surface area contributed by atoms with Crippen molar-refractivity contribution in [2.45, 2.75) is 19.6 Å². The summed E-state index contributed by atoms with van der Waals surface area (Å²) in [6.45, 7) is 2.91. The molecule has 1 saturated heterocycles. The zero-order valence-corrected chi connectivity index (χ0v) is 12.5. The molecule has 1 aliphatic rings. The molecule has 1 fully saturated rings. The first-order valence-electron chi connectivity index (χ1n) is 6.83. The number of para-hydroxylation sites is 1. The van der Waals surface area contributed by atoms with Gasteiger partial charge in [0, 0.05) is 13.8 Å². The molecule has 2 heterocycles. The highest BCUT2D eigenvalue weighted by Gasteiger charge is 2.39. The van der Waals surface area contributed by atoms with Gasteiger partial charge in [-0.3, -0.25) is 0 Å². The quantitative estimate of drug-likeness (QED) is 0.478. The second-order valence-electron chi connectivity index (χ2n) is 5.36. The normalized spacial score (nSPS) is 16.7. The van der Waals surface area contributed by atoms with Gasteiger partial charge in [-0.05, 0) is 12.1 Å². The van der Waals surface area contributed by atoms with E-state index < -0.39 is 17.7 Å². The highest BCUT2D eigenvalue weighted by molar-refractivity contribution is 6.15. The molecule has 0 aliphatic carbocycles. The van der Waals surface area contributed by atoms with E-state index >= 15 is 0 Å². The summed E-state index contributed by atoms with van der Waals surface area (Å²) < 4.78 is 11.0. The Labute approximate surface area is 130 Å². The number of nitrogens with one attached hydrogen (secondary N) is 2. The van der Waals surface area contributed by atoms with Crippen molar-refractivity contribution in [3.63, 3.8) is 0 Å². The zero-order valence-electron chi connectivity index (χ0n) is 12.5. The molecule has 0 radical (unpaired) electrons. The number of cyclic esters (lactones) is 2. The Morgan fingerprint density at radius 2 is 1.78 bits per heavy atom. The summed E-state index contributed by atoms with van der Waals surface area (Å²) in [7, 11) is 0. The van der Waals surface area contributed by atoms with Crippen molar-refractivity contribution in [1.82, 2.24) is 4.68 Å². The van der Waals surface area contributed by atoms with Gasteiger partial charge < -0.3 is 9.47 Å². The molecule has 2 N–H and O–H groups in total. The highest BCUT2D eigenvalue weighted by atomic mass is 16.7. The van der Waals surface area contributed by atoms with Crippen molar-refractivity contribution >= 4 is 22.8 Å². The summed E-state index contributed by atoms with van der Waals surface area (Å²) in [5.41, 5.74) is 2.57. The Bertz CT molecular complexity index is 875. The second-order valence-corrected chi connectivity index (χ2v) is 5.36. The topological polar surface area (TPSA) is 101 Å². The predicted octanol–water partition coefficient (Wildman–Crippen LogP) is 0.0791. The van der Waals surface area contributed by atoms with Crippen molar-refractivity contribution in [1.29, 1.82) is 0 Å². The number of hydrogen-bond acceptors (Lipinski definition) is 6. The van der Waals surface area contributed by atoms with Crippen molar-refractivity contribution in [2.75, 3.05) is 5.43 Å². The van der Waals surface area contributed by atoms with Gasteiger partial charge in [0.1, 0.15) is 10.9 Å². The maximum absolute atomic E-state index is 12.3. The first kappa shape index (κ1) is 14.8. The molecule has 0 atom stereocenters. The molecule has 2 aromatic rings. The number of hydrogen-bond donors (Lipinski definition) is 1. The third kappa shape index (κ3) is 2.78. The van der Waals surface area contributed by atoms with E-state index in [0.717, 1.165) is 10.9 Å². The van der Waals surface area contributed by atoms with Crippen molar-refractivity contribution in [3.8, 4) is 0 Å². The van der Waals surface area contributed by atoms with E-state index in [1.54, 1.807) is 24.3 Å². The van der Waals surface area contributed by atoms with Crippen LogP contribution in [0.25, 0.3) is 10.9 Å². The van der Waals surface area contributed by atoms with Crippen LogP contribution < -0.4 is 16.0 Å². The van der Waals surface area contributed by atoms with Crippen LogP contribution in [0.1, 0.15) is 13.8 Å². The lowest BCUT2D eigenvalue weighted by Crippen LogP contribution is -2.42. The number of carbonyl (C=O) groups excluding carboxylic acids is 2. The summed E-state index contributed by atoms with van der Waals surface area (Å²) in [5.74, 6) is -2.95. The van der Waals surface area contributed by atoms with E-state index in [-0.39, 0.29) is 11.1 Å². The van der Waals surface area contributed by atoms with E-state index in [4.69, 9.17) is 9.47 Å². The fraction of sp³-hybridized carbons (Fsp3) is 0.200. The molecular formula is C15H14N3O5+. The smallest absolute Gasteiger partial charge is 0.368 e. The maximum Gasteiger partial charge on any atom is 0.368 e. The number of ether oxygens (including phenoxy) is 2. The largest absolute Gasteiger partial charge is 0.419 e. The number of esters is 2. The zero-order chi connectivity index (χ0) is 16.6. The molecule has 1 aliphatic heterocycles. The van der Waals surface area contributed by atoms with E-state index in [1.807, 2.05) is 0 Å². The number of benzene rings is 1. The van der Waals surface area contributed by atoms with Crippen molar-refractivity contribution < 1.29 is 24.0 Å². The minimum atomic E-state index is -1.31. The Balaban J connectivity index is 1.91. The number of carbonyl (C=O) groups is 2. The summed E-state index contributed by atoms with van der Waals surface area (Å²) >= 11 is 0. The van der Waals surface area contributed by atoms with E-state index in [1.165, 1.54) is 20.2 Å². The predicted molar refractivity (Wildman–Crippen MR) is 78.5 cm³/mol. The molecule has 1 aromatic carbocycles. The Morgan fingerprint density at radius 3 is 2.48 bits per heavy atom. The third-order valence-electron chi connectivity index (χ3n) is 3.19. The third-order valence-corrected chi connectivity index (χ3v) is 3.19. The minimum Gasteiger partial charge on any atom is -0.419 e. The van der Waals surface area contributed by atoms with Crippen LogP contribution in [0.2, 0.25) is 0 Å². The Hall–Kier alpha value is -3.16. The number of fused-ring (bicyclic) bond motifs is 1. The number of rotatable bonds is 2. The van der Waals surface area contributed by atoms with Gasteiger partial charge in [-0.1, -0.05) is 16.8 Å². The van der Waals surface area contributed by atoms with Gasteiger partial charge in [-0.2, -0.15) is 0 Å². The van der Waals surface area contributed by atoms with Crippen molar-refractivity contribution in [3.05, 3.63) is 52.7 Å². The van der Waals surface area contributed by atoms with Gasteiger partial charge in [0.25, 0.3) is 12.1 Å². The molecule has 23 heavy (non-hydrogen) atoms. The fourth-order valence-electron chi connectivity index (χ4n) is 2.13. The average Bonchev–Trinajstić information content (AvgIpc) is 2.47. The summed E-state index contributed by atoms with van der Waals surface area (Å²) in [6.07, 6.45) is 2.45. The van der Waals surface area contributed by atoms with E-state index in [0.29, 0.717) is 10.9 Å². The van der Waals surface area contributed by atoms with Crippen LogP contribution in [0.3, 0.4) is 0 Å². The van der Waals surface area contributed by atoms with E-state index in [9.17, 15) is 14.4 Å². The average molecular weight is 316 g/mol. The number of nitrogens with zero attached hydrogens (tertiary/aromatic N) is 1. The molecule has 8 nitrogen and oxygen atoms in total. The Morgan fingerprint density at radius 1 is 1.13 bits per heavy atom. The molecular weight excluding hydrogens is 302 g/mol. The van der Waals surface area contributed by atoms with Crippen LogP contribution in [-0.4, -0.2) is 22.4 Å². The van der Waals surface area contributed by atoms with Crippen LogP contribution in [-0.2, 0) is 19.1 Å². The molecule has 0 amide bonds. The second kappa shape index (κ2) is 5.24.